The number of likely N-dealkylation sites (tertiary alicyclic amines) is 1. The quantitative estimate of drug-likeness (QED) is 0.150. The highest BCUT2D eigenvalue weighted by Gasteiger charge is 2.31. The van der Waals surface area contributed by atoms with Gasteiger partial charge in [-0.2, -0.15) is 0 Å². The summed E-state index contributed by atoms with van der Waals surface area (Å²) in [4.78, 5) is 48.8. The number of ether oxygens (including phenoxy) is 1. The van der Waals surface area contributed by atoms with Crippen molar-refractivity contribution < 1.29 is 28.3 Å². The minimum Gasteiger partial charge on any atom is -0.376 e. The summed E-state index contributed by atoms with van der Waals surface area (Å²) in [6.45, 7) is 16.6. The van der Waals surface area contributed by atoms with Crippen LogP contribution in [-0.2, 0) is 19.1 Å². The average molecular weight is 667 g/mol. The van der Waals surface area contributed by atoms with Crippen LogP contribution in [0.15, 0.2) is 0 Å². The van der Waals surface area contributed by atoms with Gasteiger partial charge in [-0.3, -0.25) is 18.8 Å². The molecule has 0 radical (unpaired) electrons. The molecule has 44 heavy (non-hydrogen) atoms. The number of carbonyl (C=O) groups excluding carboxylic acids is 4. The maximum absolute atomic E-state index is 12.2. The molecular formula is C30H60FN6O5PS. The summed E-state index contributed by atoms with van der Waals surface area (Å²) in [6.07, 6.45) is 6.91. The van der Waals surface area contributed by atoms with Crippen LogP contribution >= 0.6 is 21.2 Å². The van der Waals surface area contributed by atoms with Gasteiger partial charge in [-0.05, 0) is 70.3 Å². The second kappa shape index (κ2) is 21.3. The van der Waals surface area contributed by atoms with E-state index in [0.717, 1.165) is 51.7 Å². The van der Waals surface area contributed by atoms with Gasteiger partial charge < -0.3 is 30.8 Å². The number of amides is 4. The molecular weight excluding hydrogens is 606 g/mol. The first-order valence-corrected chi connectivity index (χ1v) is 17.2. The Hall–Kier alpha value is -1.53. The Morgan fingerprint density at radius 3 is 2.14 bits per heavy atom. The number of carbonyl (C=O) groups is 4. The molecule has 2 aliphatic rings. The van der Waals surface area contributed by atoms with E-state index in [9.17, 15) is 23.6 Å². The number of urea groups is 1. The van der Waals surface area contributed by atoms with Crippen LogP contribution in [0, 0.1) is 10.8 Å². The van der Waals surface area contributed by atoms with Crippen molar-refractivity contribution in [2.24, 2.45) is 10.8 Å². The summed E-state index contributed by atoms with van der Waals surface area (Å²) in [7, 11) is 5.92. The molecule has 0 aromatic carbocycles. The minimum absolute atomic E-state index is 0.0118. The number of nitrogens with zero attached hydrogens (tertiary/aromatic N) is 2. The highest BCUT2D eigenvalue weighted by Crippen LogP contribution is 2.22. The molecule has 2 heterocycles. The summed E-state index contributed by atoms with van der Waals surface area (Å²) < 4.78 is 18.5. The fraction of sp³-hybridized carbons (Fsp3) is 0.867. The van der Waals surface area contributed by atoms with Gasteiger partial charge in [0.15, 0.2) is 0 Å². The van der Waals surface area contributed by atoms with Crippen LogP contribution in [0.5, 0.6) is 0 Å². The van der Waals surface area contributed by atoms with Crippen LogP contribution in [0.4, 0.5) is 9.18 Å². The number of likely N-dealkylation sites (N-methyl/N-ethyl adjacent to an activating group) is 2. The van der Waals surface area contributed by atoms with Gasteiger partial charge >= 0.3 is 6.03 Å². The van der Waals surface area contributed by atoms with E-state index in [4.69, 9.17) is 4.74 Å². The van der Waals surface area contributed by atoms with Gasteiger partial charge in [0.1, 0.15) is 12.2 Å². The van der Waals surface area contributed by atoms with Gasteiger partial charge in [0, 0.05) is 25.7 Å². The van der Waals surface area contributed by atoms with E-state index in [1.165, 1.54) is 6.92 Å². The van der Waals surface area contributed by atoms with E-state index in [1.54, 1.807) is 11.9 Å². The van der Waals surface area contributed by atoms with Crippen molar-refractivity contribution in [2.75, 3.05) is 53.1 Å². The smallest absolute Gasteiger partial charge is 0.315 e. The molecule has 6 unspecified atom stereocenters. The Bertz CT molecular complexity index is 865. The fourth-order valence-corrected chi connectivity index (χ4v) is 4.58. The first kappa shape index (κ1) is 42.5. The molecule has 0 saturated carbocycles. The molecule has 258 valence electrons. The number of alkyl halides is 1. The number of hydrogen-bond donors (Lipinski definition) is 4. The van der Waals surface area contributed by atoms with Crippen LogP contribution in [0.3, 0.4) is 0 Å². The van der Waals surface area contributed by atoms with Gasteiger partial charge in [0.05, 0.1) is 24.7 Å². The molecule has 4 N–H and O–H groups in total. The van der Waals surface area contributed by atoms with E-state index >= 15 is 0 Å². The Morgan fingerprint density at radius 1 is 1.09 bits per heavy atom. The molecule has 2 aliphatic heterocycles. The highest BCUT2D eigenvalue weighted by molar-refractivity contribution is 7.96. The molecule has 14 heteroatoms. The van der Waals surface area contributed by atoms with E-state index < -0.39 is 12.0 Å². The second-order valence-corrected chi connectivity index (χ2v) is 15.4. The van der Waals surface area contributed by atoms with Crippen LogP contribution in [-0.4, -0.2) is 117 Å². The molecule has 2 rings (SSSR count). The van der Waals surface area contributed by atoms with Crippen molar-refractivity contribution in [1.82, 2.24) is 30.5 Å². The Morgan fingerprint density at radius 2 is 1.70 bits per heavy atom. The van der Waals surface area contributed by atoms with Crippen molar-refractivity contribution >= 4 is 45.3 Å². The first-order valence-electron chi connectivity index (χ1n) is 15.3. The average Bonchev–Trinajstić information content (AvgIpc) is 3.59. The summed E-state index contributed by atoms with van der Waals surface area (Å²) in [6, 6.07) is -0.888. The SMILES string of the molecule is CC(F)P.CN1CCCC1C(=O)NCC(=O)NCC1CCCO1.CSN(C)CC(NC(=O)NC(C=O)C(C)(C)C)C(C)(C)C. The molecule has 0 aromatic heterocycles. The lowest BCUT2D eigenvalue weighted by Crippen LogP contribution is -2.55. The number of rotatable bonds is 11. The number of aldehydes is 1. The maximum atomic E-state index is 12.2. The Kier molecular flexibility index (Phi) is 20.6. The van der Waals surface area contributed by atoms with Crippen molar-refractivity contribution in [2.45, 2.75) is 104 Å². The molecule has 6 atom stereocenters. The molecule has 0 aromatic rings. The van der Waals surface area contributed by atoms with Crippen molar-refractivity contribution in [3.05, 3.63) is 0 Å². The van der Waals surface area contributed by atoms with Crippen LogP contribution in [0.2, 0.25) is 0 Å². The van der Waals surface area contributed by atoms with Crippen molar-refractivity contribution in [3.63, 3.8) is 0 Å². The van der Waals surface area contributed by atoms with E-state index in [2.05, 4.69) is 46.3 Å². The van der Waals surface area contributed by atoms with Crippen LogP contribution in [0.1, 0.15) is 74.1 Å². The van der Waals surface area contributed by atoms with Gasteiger partial charge in [0.25, 0.3) is 0 Å². The predicted molar refractivity (Wildman–Crippen MR) is 181 cm³/mol. The summed E-state index contributed by atoms with van der Waals surface area (Å²) in [5.74, 6) is -0.947. The summed E-state index contributed by atoms with van der Waals surface area (Å²) in [5, 5.41) is 11.2. The number of hydrogen-bond acceptors (Lipinski definition) is 8. The summed E-state index contributed by atoms with van der Waals surface area (Å²) in [5.41, 5.74) is -0.369. The third-order valence-corrected chi connectivity index (χ3v) is 8.03. The molecule has 0 aliphatic carbocycles. The largest absolute Gasteiger partial charge is 0.376 e. The fourth-order valence-electron chi connectivity index (χ4n) is 4.29. The van der Waals surface area contributed by atoms with E-state index in [0.29, 0.717) is 6.54 Å². The maximum Gasteiger partial charge on any atom is 0.315 e. The monoisotopic (exact) mass is 666 g/mol. The number of halogens is 1. The molecule has 2 saturated heterocycles. The lowest BCUT2D eigenvalue weighted by atomic mass is 9.86. The van der Waals surface area contributed by atoms with Gasteiger partial charge in [-0.1, -0.05) is 53.5 Å². The van der Waals surface area contributed by atoms with Crippen molar-refractivity contribution in [3.8, 4) is 0 Å². The zero-order valence-corrected chi connectivity index (χ0v) is 30.6. The standard InChI is InChI=1S/C15H31N3O2S.C13H23N3O3.C2H6FP/c1-14(2,3)11(9-18(7)21-8)16-13(20)17-12(10-19)15(4,5)6;1-16-6-2-5-11(16)13(18)15-9-12(17)14-8-10-4-3-7-19-10;1-2(3)4/h10-12H,9H2,1-8H3,(H2,16,17,20);10-11H,2-9H2,1H3,(H,14,17)(H,15,18);2H,4H2,1H3. The van der Waals surface area contributed by atoms with E-state index in [-0.39, 0.29) is 53.4 Å². The van der Waals surface area contributed by atoms with Crippen LogP contribution in [0.25, 0.3) is 0 Å². The first-order chi connectivity index (χ1) is 20.3. The molecule has 4 amide bonds. The lowest BCUT2D eigenvalue weighted by molar-refractivity contribution is -0.128. The van der Waals surface area contributed by atoms with Gasteiger partial charge in [-0.15, -0.1) is 9.24 Å². The van der Waals surface area contributed by atoms with Crippen LogP contribution < -0.4 is 21.3 Å². The van der Waals surface area contributed by atoms with Crippen molar-refractivity contribution in [1.29, 1.82) is 0 Å². The highest BCUT2D eigenvalue weighted by atomic mass is 32.2. The zero-order valence-electron chi connectivity index (χ0n) is 28.6. The Balaban J connectivity index is 0.000000750. The lowest BCUT2D eigenvalue weighted by Gasteiger charge is -2.35. The normalized spacial score (nSPS) is 20.7. The molecule has 0 bridgehead atoms. The third kappa shape index (κ3) is 19.1. The minimum atomic E-state index is -0.750. The predicted octanol–water partition coefficient (Wildman–Crippen LogP) is 3.19. The third-order valence-electron chi connectivity index (χ3n) is 7.25. The Labute approximate surface area is 272 Å². The zero-order chi connectivity index (χ0) is 34.1. The molecule has 11 nitrogen and oxygen atoms in total. The van der Waals surface area contributed by atoms with Gasteiger partial charge in [0.2, 0.25) is 11.8 Å². The summed E-state index contributed by atoms with van der Waals surface area (Å²) >= 11 is 1.62. The second-order valence-electron chi connectivity index (χ2n) is 13.5. The van der Waals surface area contributed by atoms with E-state index in [1.807, 2.05) is 55.3 Å². The molecule has 2 fully saturated rings. The number of nitrogens with one attached hydrogen (secondary N) is 4. The molecule has 0 spiro atoms. The van der Waals surface area contributed by atoms with Gasteiger partial charge in [-0.25, -0.2) is 9.18 Å². The topological polar surface area (TPSA) is 132 Å².